The molecule has 0 radical (unpaired) electrons. The molecule has 1 atom stereocenters. The van der Waals surface area contributed by atoms with Crippen molar-refractivity contribution in [3.8, 4) is 0 Å². The van der Waals surface area contributed by atoms with Gasteiger partial charge in [-0.1, -0.05) is 13.8 Å². The summed E-state index contributed by atoms with van der Waals surface area (Å²) in [5.74, 6) is -0.706. The monoisotopic (exact) mass is 366 g/mol. The van der Waals surface area contributed by atoms with Crippen LogP contribution in [0.2, 0.25) is 0 Å². The van der Waals surface area contributed by atoms with E-state index in [1.54, 1.807) is 6.92 Å². The van der Waals surface area contributed by atoms with Crippen molar-refractivity contribution in [2.45, 2.75) is 38.3 Å². The zero-order valence-electron chi connectivity index (χ0n) is 13.4. The largest absolute Gasteiger partial charge is 0.462 e. The molecule has 0 aliphatic carbocycles. The van der Waals surface area contributed by atoms with E-state index < -0.39 is 16.0 Å². The average molecular weight is 367 g/mol. The Morgan fingerprint density at radius 2 is 2.22 bits per heavy atom. The summed E-state index contributed by atoms with van der Waals surface area (Å²) in [6.07, 6.45) is 1.74. The Hall–Kier alpha value is -1.16. The Bertz CT molecular complexity index is 659. The Kier molecular flexibility index (Phi) is 6.19. The lowest BCUT2D eigenvalue weighted by Crippen LogP contribution is -2.54. The van der Waals surface area contributed by atoms with Gasteiger partial charge in [0.2, 0.25) is 0 Å². The fraction of sp³-hybridized carbons (Fsp3) is 0.692. The highest BCUT2D eigenvalue weighted by atomic mass is 35.5. The zero-order chi connectivity index (χ0) is 16.5. The number of ether oxygens (including phenoxy) is 1. The maximum absolute atomic E-state index is 12.8. The summed E-state index contributed by atoms with van der Waals surface area (Å²) in [6, 6.07) is -0.0646. The van der Waals surface area contributed by atoms with E-state index in [1.165, 1.54) is 10.5 Å². The second-order valence-corrected chi connectivity index (χ2v) is 7.93. The van der Waals surface area contributed by atoms with Crippen molar-refractivity contribution in [2.75, 3.05) is 19.7 Å². The van der Waals surface area contributed by atoms with Gasteiger partial charge in [0, 0.05) is 19.1 Å². The van der Waals surface area contributed by atoms with Crippen LogP contribution < -0.4 is 5.73 Å². The first-order chi connectivity index (χ1) is 10.2. The zero-order valence-corrected chi connectivity index (χ0v) is 15.0. The molecule has 3 N–H and O–H groups in total. The van der Waals surface area contributed by atoms with Crippen LogP contribution in [0.5, 0.6) is 0 Å². The van der Waals surface area contributed by atoms with E-state index in [1.807, 2.05) is 13.8 Å². The molecule has 0 bridgehead atoms. The number of piperidine rings is 1. The summed E-state index contributed by atoms with van der Waals surface area (Å²) >= 11 is 0. The van der Waals surface area contributed by atoms with Crippen molar-refractivity contribution in [3.63, 3.8) is 0 Å². The fourth-order valence-corrected chi connectivity index (χ4v) is 4.17. The number of aromatic nitrogens is 2. The molecule has 0 amide bonds. The maximum Gasteiger partial charge on any atom is 0.342 e. The normalized spacial score (nSPS) is 21.5. The van der Waals surface area contributed by atoms with Crippen LogP contribution in [0.3, 0.4) is 0 Å². The lowest BCUT2D eigenvalue weighted by Gasteiger charge is -2.41. The number of nitrogens with one attached hydrogen (secondary N) is 1. The highest BCUT2D eigenvalue weighted by molar-refractivity contribution is 7.89. The molecule has 1 fully saturated rings. The molecule has 0 saturated carbocycles. The Morgan fingerprint density at radius 3 is 2.78 bits per heavy atom. The SMILES string of the molecule is CCOC(=O)c1cn[nH]c1S(=O)(=O)N1CCC(N)C(C)(C)C1.Cl. The van der Waals surface area contributed by atoms with Crippen molar-refractivity contribution in [2.24, 2.45) is 11.1 Å². The van der Waals surface area contributed by atoms with Gasteiger partial charge in [-0.2, -0.15) is 9.40 Å². The quantitative estimate of drug-likeness (QED) is 0.759. The highest BCUT2D eigenvalue weighted by Crippen LogP contribution is 2.31. The van der Waals surface area contributed by atoms with Gasteiger partial charge in [-0.05, 0) is 18.8 Å². The van der Waals surface area contributed by atoms with Crippen LogP contribution in [0.25, 0.3) is 0 Å². The van der Waals surface area contributed by atoms with E-state index in [0.29, 0.717) is 13.0 Å². The molecule has 8 nitrogen and oxygen atoms in total. The summed E-state index contributed by atoms with van der Waals surface area (Å²) in [5, 5.41) is 5.87. The van der Waals surface area contributed by atoms with Crippen molar-refractivity contribution in [1.29, 1.82) is 0 Å². The number of nitrogens with two attached hydrogens (primary N) is 1. The molecule has 0 aromatic carbocycles. The minimum atomic E-state index is -3.85. The number of sulfonamides is 1. The van der Waals surface area contributed by atoms with Crippen LogP contribution in [0, 0.1) is 5.41 Å². The van der Waals surface area contributed by atoms with Crippen LogP contribution in [-0.4, -0.2) is 54.6 Å². The van der Waals surface area contributed by atoms with E-state index in [-0.39, 0.29) is 47.6 Å². The van der Waals surface area contributed by atoms with Gasteiger partial charge in [-0.15, -0.1) is 12.4 Å². The standard InChI is InChI=1S/C13H22N4O4S.ClH/c1-4-21-12(18)9-7-15-16-11(9)22(19,20)17-6-5-10(14)13(2,3)8-17;/h7,10H,4-6,8,14H2,1-3H3,(H,15,16);1H. The lowest BCUT2D eigenvalue weighted by atomic mass is 9.81. The predicted molar refractivity (Wildman–Crippen MR) is 86.9 cm³/mol. The third kappa shape index (κ3) is 3.85. The first-order valence-corrected chi connectivity index (χ1v) is 8.60. The number of esters is 1. The van der Waals surface area contributed by atoms with Gasteiger partial charge in [0.15, 0.2) is 5.03 Å². The fourth-order valence-electron chi connectivity index (χ4n) is 2.48. The summed E-state index contributed by atoms with van der Waals surface area (Å²) < 4.78 is 31.8. The molecule has 10 heteroatoms. The van der Waals surface area contributed by atoms with Crippen molar-refractivity contribution in [3.05, 3.63) is 11.8 Å². The number of hydrogen-bond acceptors (Lipinski definition) is 6. The Labute approximate surface area is 142 Å². The van der Waals surface area contributed by atoms with Gasteiger partial charge < -0.3 is 10.5 Å². The number of halogens is 1. The number of carbonyl (C=O) groups is 1. The van der Waals surface area contributed by atoms with E-state index in [2.05, 4.69) is 10.2 Å². The second kappa shape index (κ2) is 7.16. The molecule has 2 heterocycles. The predicted octanol–water partition coefficient (Wildman–Crippen LogP) is 0.756. The number of H-pyrrole nitrogens is 1. The third-order valence-electron chi connectivity index (χ3n) is 3.97. The number of aromatic amines is 1. The van der Waals surface area contributed by atoms with Gasteiger partial charge >= 0.3 is 5.97 Å². The summed E-state index contributed by atoms with van der Waals surface area (Å²) in [4.78, 5) is 11.9. The van der Waals surface area contributed by atoms with Crippen molar-refractivity contribution < 1.29 is 17.9 Å². The van der Waals surface area contributed by atoms with Crippen LogP contribution in [0.15, 0.2) is 11.2 Å². The molecular weight excluding hydrogens is 344 g/mol. The molecule has 1 aliphatic heterocycles. The Balaban J connectivity index is 0.00000264. The Morgan fingerprint density at radius 1 is 1.57 bits per heavy atom. The molecule has 1 aromatic rings. The van der Waals surface area contributed by atoms with Crippen LogP contribution >= 0.6 is 12.4 Å². The minimum Gasteiger partial charge on any atom is -0.462 e. The molecule has 0 spiro atoms. The van der Waals surface area contributed by atoms with Crippen LogP contribution in [0.1, 0.15) is 37.6 Å². The van der Waals surface area contributed by atoms with E-state index in [9.17, 15) is 13.2 Å². The maximum atomic E-state index is 12.8. The minimum absolute atomic E-state index is 0. The van der Waals surface area contributed by atoms with Crippen molar-refractivity contribution >= 4 is 28.4 Å². The van der Waals surface area contributed by atoms with Gasteiger partial charge in [-0.25, -0.2) is 13.2 Å². The molecule has 1 saturated heterocycles. The third-order valence-corrected chi connectivity index (χ3v) is 5.79. The summed E-state index contributed by atoms with van der Waals surface area (Å²) in [6.45, 7) is 6.28. The first-order valence-electron chi connectivity index (χ1n) is 7.16. The van der Waals surface area contributed by atoms with Crippen molar-refractivity contribution in [1.82, 2.24) is 14.5 Å². The highest BCUT2D eigenvalue weighted by Gasteiger charge is 2.40. The topological polar surface area (TPSA) is 118 Å². The van der Waals surface area contributed by atoms with Gasteiger partial charge in [0.05, 0.1) is 12.8 Å². The van der Waals surface area contributed by atoms with E-state index in [0.717, 1.165) is 0 Å². The number of carbonyl (C=O) groups excluding carboxylic acids is 1. The van der Waals surface area contributed by atoms with Gasteiger partial charge in [0.1, 0.15) is 5.56 Å². The molecular formula is C13H23ClN4O4S. The van der Waals surface area contributed by atoms with E-state index >= 15 is 0 Å². The lowest BCUT2D eigenvalue weighted by molar-refractivity contribution is 0.0521. The number of hydrogen-bond donors (Lipinski definition) is 2. The molecule has 1 aromatic heterocycles. The second-order valence-electron chi connectivity index (χ2n) is 6.06. The molecule has 2 rings (SSSR count). The first kappa shape index (κ1) is 19.9. The molecule has 1 aliphatic rings. The molecule has 23 heavy (non-hydrogen) atoms. The van der Waals surface area contributed by atoms with Crippen LogP contribution in [0.4, 0.5) is 0 Å². The number of rotatable bonds is 4. The molecule has 132 valence electrons. The smallest absolute Gasteiger partial charge is 0.342 e. The van der Waals surface area contributed by atoms with E-state index in [4.69, 9.17) is 10.5 Å². The molecule has 1 unspecified atom stereocenters. The summed E-state index contributed by atoms with van der Waals surface area (Å²) in [5.41, 5.74) is 5.63. The average Bonchev–Trinajstić information content (AvgIpc) is 2.92. The van der Waals surface area contributed by atoms with Gasteiger partial charge in [-0.3, -0.25) is 5.10 Å². The van der Waals surface area contributed by atoms with Crippen LogP contribution in [-0.2, 0) is 14.8 Å². The summed E-state index contributed by atoms with van der Waals surface area (Å²) in [7, 11) is -3.85. The van der Waals surface area contributed by atoms with Gasteiger partial charge in [0.25, 0.3) is 10.0 Å². The number of nitrogens with zero attached hydrogens (tertiary/aromatic N) is 2.